The van der Waals surface area contributed by atoms with Crippen LogP contribution in [0.3, 0.4) is 0 Å². The summed E-state index contributed by atoms with van der Waals surface area (Å²) in [6.07, 6.45) is 0. The molecule has 0 aliphatic carbocycles. The molecule has 18 aromatic rings. The van der Waals surface area contributed by atoms with Crippen molar-refractivity contribution >= 4 is 180 Å². The van der Waals surface area contributed by atoms with Gasteiger partial charge in [-0.15, -0.1) is 0 Å². The Morgan fingerprint density at radius 1 is 0.220 bits per heavy atom. The summed E-state index contributed by atoms with van der Waals surface area (Å²) >= 11 is 0. The van der Waals surface area contributed by atoms with Crippen molar-refractivity contribution in [2.45, 2.75) is 0 Å². The highest BCUT2D eigenvalue weighted by molar-refractivity contribution is 7.03. The predicted octanol–water partition coefficient (Wildman–Crippen LogP) is 21.0. The van der Waals surface area contributed by atoms with Crippen molar-refractivity contribution in [2.75, 3.05) is 19.6 Å². The largest absolute Gasteiger partial charge is 0.456 e. The number of anilines is 12. The summed E-state index contributed by atoms with van der Waals surface area (Å²) in [7, 11) is 0. The molecule has 0 saturated heterocycles. The molecule has 16 aromatic carbocycles. The monoisotopic (exact) mass is 1270 g/mol. The summed E-state index contributed by atoms with van der Waals surface area (Å²) < 4.78 is 14.9. The van der Waals surface area contributed by atoms with Crippen LogP contribution in [0, 0.1) is 0 Å². The average Bonchev–Trinajstić information content (AvgIpc) is 1.02. The minimum absolute atomic E-state index is 0.268. The normalized spacial score (nSPS) is 13.3. The second-order valence-corrected chi connectivity index (χ2v) is 26.9. The molecule has 0 amide bonds. The molecule has 0 N–H and O–H groups in total. The molecule has 100 heavy (non-hydrogen) atoms. The van der Waals surface area contributed by atoms with Crippen molar-refractivity contribution in [3.05, 3.63) is 340 Å². The van der Waals surface area contributed by atoms with Crippen LogP contribution >= 0.6 is 0 Å². The Balaban J connectivity index is 0.941. The molecule has 6 nitrogen and oxygen atoms in total. The van der Waals surface area contributed by atoms with Gasteiger partial charge in [-0.25, -0.2) is 0 Å². The molecule has 2 aromatic heterocycles. The molecule has 0 spiro atoms. The number of fused-ring (bicyclic) bond motifs is 18. The molecular weight excluding hydrogens is 1210 g/mol. The van der Waals surface area contributed by atoms with E-state index in [1.54, 1.807) is 0 Å². The molecule has 4 aliphatic rings. The lowest BCUT2D eigenvalue weighted by Crippen LogP contribution is -2.65. The van der Waals surface area contributed by atoms with Crippen molar-refractivity contribution in [1.82, 2.24) is 0 Å². The maximum Gasteiger partial charge on any atom is 0.252 e. The first-order valence-corrected chi connectivity index (χ1v) is 34.5. The zero-order valence-corrected chi connectivity index (χ0v) is 54.1. The van der Waals surface area contributed by atoms with Gasteiger partial charge in [0, 0.05) is 85.1 Å². The summed E-state index contributed by atoms with van der Waals surface area (Å²) in [5.74, 6) is 0. The molecule has 6 heterocycles. The number of hydrogen-bond donors (Lipinski definition) is 0. The highest BCUT2D eigenvalue weighted by Crippen LogP contribution is 2.56. The third-order valence-electron chi connectivity index (χ3n) is 21.7. The zero-order valence-electron chi connectivity index (χ0n) is 54.1. The van der Waals surface area contributed by atoms with Crippen molar-refractivity contribution in [3.8, 4) is 33.4 Å². The van der Waals surface area contributed by atoms with Crippen LogP contribution < -0.4 is 52.4 Å². The van der Waals surface area contributed by atoms with Gasteiger partial charge in [0.2, 0.25) is 0 Å². The molecule has 22 rings (SSSR count). The summed E-state index contributed by atoms with van der Waals surface area (Å²) in [6.45, 7) is -0.550. The maximum absolute atomic E-state index is 7.49. The quantitative estimate of drug-likeness (QED) is 0.148. The number of benzene rings is 16. The lowest BCUT2D eigenvalue weighted by Gasteiger charge is -2.48. The van der Waals surface area contributed by atoms with E-state index in [-0.39, 0.29) is 13.4 Å². The fraction of sp³-hybridized carbons (Fsp3) is 0. The minimum atomic E-state index is -0.282. The summed E-state index contributed by atoms with van der Waals surface area (Å²) in [5, 5.41) is 8.92. The van der Waals surface area contributed by atoms with E-state index in [4.69, 9.17) is 8.83 Å². The van der Waals surface area contributed by atoms with Gasteiger partial charge in [-0.05, 0) is 144 Å². The lowest BCUT2D eigenvalue weighted by atomic mass is 9.30. The van der Waals surface area contributed by atoms with Gasteiger partial charge in [-0.2, -0.15) is 0 Å². The first kappa shape index (κ1) is 55.1. The second kappa shape index (κ2) is 21.2. The Morgan fingerprint density at radius 3 is 1.07 bits per heavy atom. The van der Waals surface area contributed by atoms with Gasteiger partial charge in [0.15, 0.2) is 0 Å². The lowest BCUT2D eigenvalue weighted by molar-refractivity contribution is 0.669. The molecule has 0 bridgehead atoms. The first-order chi connectivity index (χ1) is 49.6. The number of rotatable bonds is 7. The molecule has 0 atom stereocenters. The Labute approximate surface area is 577 Å². The van der Waals surface area contributed by atoms with Crippen molar-refractivity contribution in [3.63, 3.8) is 0 Å². The zero-order chi connectivity index (χ0) is 65.3. The molecule has 0 unspecified atom stereocenters. The van der Waals surface area contributed by atoms with Crippen LogP contribution in [0.15, 0.2) is 349 Å². The number of hydrogen-bond acceptors (Lipinski definition) is 6. The predicted molar refractivity (Wildman–Crippen MR) is 420 cm³/mol. The van der Waals surface area contributed by atoms with Crippen LogP contribution in [0.25, 0.3) is 98.8 Å². The van der Waals surface area contributed by atoms with Gasteiger partial charge < -0.3 is 28.4 Å². The second-order valence-electron chi connectivity index (χ2n) is 26.9. The van der Waals surface area contributed by atoms with Gasteiger partial charge in [0.1, 0.15) is 22.3 Å². The summed E-state index contributed by atoms with van der Waals surface area (Å²) in [6, 6.07) is 126. The molecule has 8 heteroatoms. The Bertz CT molecular complexity index is 6400. The maximum atomic E-state index is 7.49. The van der Waals surface area contributed by atoms with Crippen molar-refractivity contribution in [2.24, 2.45) is 0 Å². The van der Waals surface area contributed by atoms with Gasteiger partial charge in [0.25, 0.3) is 13.4 Å². The Kier molecular flexibility index (Phi) is 11.7. The van der Waals surface area contributed by atoms with Crippen molar-refractivity contribution in [1.29, 1.82) is 0 Å². The van der Waals surface area contributed by atoms with Gasteiger partial charge in [0.05, 0.1) is 33.5 Å². The highest BCUT2D eigenvalue weighted by Gasteiger charge is 2.50. The molecule has 462 valence electrons. The minimum Gasteiger partial charge on any atom is -0.456 e. The van der Waals surface area contributed by atoms with Crippen LogP contribution in [0.5, 0.6) is 0 Å². The molecular formula is C92H56B2N4O2. The Morgan fingerprint density at radius 2 is 0.590 bits per heavy atom. The summed E-state index contributed by atoms with van der Waals surface area (Å²) in [5.41, 5.74) is 30.3. The first-order valence-electron chi connectivity index (χ1n) is 34.5. The van der Waals surface area contributed by atoms with E-state index in [9.17, 15) is 0 Å². The smallest absolute Gasteiger partial charge is 0.252 e. The summed E-state index contributed by atoms with van der Waals surface area (Å²) in [4.78, 5) is 10.3. The van der Waals surface area contributed by atoms with E-state index in [1.807, 2.05) is 0 Å². The number of para-hydroxylation sites is 6. The molecule has 0 radical (unpaired) electrons. The van der Waals surface area contributed by atoms with Crippen molar-refractivity contribution < 1.29 is 8.83 Å². The fourth-order valence-electron chi connectivity index (χ4n) is 17.6. The van der Waals surface area contributed by atoms with E-state index in [0.29, 0.717) is 0 Å². The molecule has 4 aliphatic heterocycles. The number of furan rings is 2. The third-order valence-corrected chi connectivity index (χ3v) is 21.7. The van der Waals surface area contributed by atoms with E-state index < -0.39 is 0 Å². The van der Waals surface area contributed by atoms with Crippen LogP contribution in [-0.4, -0.2) is 13.4 Å². The van der Waals surface area contributed by atoms with E-state index in [0.717, 1.165) is 167 Å². The highest BCUT2D eigenvalue weighted by atomic mass is 16.3. The topological polar surface area (TPSA) is 39.2 Å². The standard InChI is InChI=1S/C92H56B2N4O2/c1-6-27-57(28-7-1)66-41-20-23-46-75(66)97-78-54-79-74(53-73(78)93-71-44-21-24-47-76(71)95(64-37-12-4-13-38-64)91-86-69-49-60-33-16-18-35-62(60)51-82(69)99-84(86)55-80(97)88(91)93)94-72-45-22-25-48-77(72)96(65-39-14-5-15-40-65)92-87-70-50-61-34-17-19-36-63(61)52-83(70)100-85(87)56-81(89(92)94)98(79)90-67(58-29-8-2-9-30-58)42-26-43-68(90)59-31-10-3-11-32-59/h1-56H. The average molecular weight is 1270 g/mol. The van der Waals surface area contributed by atoms with E-state index in [1.165, 1.54) is 32.8 Å². The Hall–Kier alpha value is -13.0. The SMILES string of the molecule is c1ccc(-c2ccccc2N2c3cc4c(cc3B3c5ccccc5N(c5ccccc5)c5c3c2cc2oc3cc6ccccc6cc3c52)B2c3ccccc3N(c3ccccc3)c3c2c(cc2oc5cc6ccccc6cc5c32)N4c2c(-c3ccccc3)cccc2-c2ccccc2)cc1. The molecule has 0 saturated carbocycles. The fourth-order valence-corrected chi connectivity index (χ4v) is 17.6. The van der Waals surface area contributed by atoms with Gasteiger partial charge >= 0.3 is 0 Å². The van der Waals surface area contributed by atoms with Crippen LogP contribution in [0.2, 0.25) is 0 Å². The van der Waals surface area contributed by atoms with Gasteiger partial charge in [-0.3, -0.25) is 0 Å². The van der Waals surface area contributed by atoms with E-state index >= 15 is 0 Å². The van der Waals surface area contributed by atoms with E-state index in [2.05, 4.69) is 359 Å². The van der Waals surface area contributed by atoms with Crippen LogP contribution in [0.4, 0.5) is 68.2 Å². The number of nitrogens with zero attached hydrogens (tertiary/aromatic N) is 4. The van der Waals surface area contributed by atoms with Crippen LogP contribution in [-0.2, 0) is 0 Å². The van der Waals surface area contributed by atoms with Crippen LogP contribution in [0.1, 0.15) is 0 Å². The molecule has 0 fully saturated rings. The third kappa shape index (κ3) is 7.87. The van der Waals surface area contributed by atoms with Gasteiger partial charge in [-0.1, -0.05) is 255 Å².